The van der Waals surface area contributed by atoms with Gasteiger partial charge in [0.2, 0.25) is 5.91 Å². The van der Waals surface area contributed by atoms with Gasteiger partial charge in [-0.25, -0.2) is 0 Å². The Morgan fingerprint density at radius 1 is 1.33 bits per heavy atom. The molecule has 1 fully saturated rings. The molecule has 3 heterocycles. The number of rotatable bonds is 5. The summed E-state index contributed by atoms with van der Waals surface area (Å²) in [7, 11) is 0. The first-order chi connectivity index (χ1) is 11.8. The predicted octanol–water partition coefficient (Wildman–Crippen LogP) is 3.42. The number of pyridine rings is 1. The summed E-state index contributed by atoms with van der Waals surface area (Å²) in [6.45, 7) is 4.64. The third-order valence-corrected chi connectivity index (χ3v) is 5.72. The summed E-state index contributed by atoms with van der Waals surface area (Å²) in [6.07, 6.45) is 4.98. The molecule has 2 atom stereocenters. The van der Waals surface area contributed by atoms with Crippen molar-refractivity contribution < 1.29 is 4.79 Å². The van der Waals surface area contributed by atoms with Crippen molar-refractivity contribution in [1.82, 2.24) is 15.2 Å². The Morgan fingerprint density at radius 2 is 2.25 bits per heavy atom. The lowest BCUT2D eigenvalue weighted by Gasteiger charge is -2.33. The van der Waals surface area contributed by atoms with Gasteiger partial charge in [0.1, 0.15) is 0 Å². The first-order valence-corrected chi connectivity index (χ1v) is 9.58. The third-order valence-electron chi connectivity index (χ3n) is 4.67. The van der Waals surface area contributed by atoms with Crippen molar-refractivity contribution in [1.29, 1.82) is 0 Å². The average Bonchev–Trinajstić information content (AvgIpc) is 3.02. The van der Waals surface area contributed by atoms with Crippen LogP contribution >= 0.6 is 11.3 Å². The number of nitrogens with zero attached hydrogens (tertiary/aromatic N) is 2. The fourth-order valence-corrected chi connectivity index (χ4v) is 4.05. The highest BCUT2D eigenvalue weighted by Gasteiger charge is 2.29. The quantitative estimate of drug-likeness (QED) is 0.905. The van der Waals surface area contributed by atoms with Crippen molar-refractivity contribution in [2.75, 3.05) is 13.1 Å². The minimum atomic E-state index is -0.0927. The van der Waals surface area contributed by atoms with Crippen LogP contribution in [0.15, 0.2) is 41.9 Å². The van der Waals surface area contributed by atoms with E-state index in [2.05, 4.69) is 21.3 Å². The second-order valence-electron chi connectivity index (χ2n) is 6.36. The molecular weight excluding hydrogens is 318 g/mol. The van der Waals surface area contributed by atoms with Crippen LogP contribution in [0.1, 0.15) is 42.7 Å². The Balaban J connectivity index is 1.81. The number of hydrogen-bond acceptors (Lipinski definition) is 4. The lowest BCUT2D eigenvalue weighted by Crippen LogP contribution is -2.42. The molecule has 0 saturated carbocycles. The second kappa shape index (κ2) is 8.40. The van der Waals surface area contributed by atoms with Gasteiger partial charge >= 0.3 is 0 Å². The van der Waals surface area contributed by atoms with E-state index in [-0.39, 0.29) is 17.9 Å². The van der Waals surface area contributed by atoms with Crippen LogP contribution in [0.5, 0.6) is 0 Å². The Morgan fingerprint density at radius 3 is 3.00 bits per heavy atom. The van der Waals surface area contributed by atoms with Gasteiger partial charge < -0.3 is 10.2 Å². The van der Waals surface area contributed by atoms with Crippen LogP contribution < -0.4 is 5.32 Å². The van der Waals surface area contributed by atoms with E-state index in [1.165, 1.54) is 0 Å². The summed E-state index contributed by atoms with van der Waals surface area (Å²) < 4.78 is 0. The average molecular weight is 343 g/mol. The zero-order valence-corrected chi connectivity index (χ0v) is 15.0. The zero-order chi connectivity index (χ0) is 16.8. The number of carbonyl (C=O) groups excluding carboxylic acids is 1. The fraction of sp³-hybridized carbons (Fsp3) is 0.474. The molecule has 5 heteroatoms. The first-order valence-electron chi connectivity index (χ1n) is 8.70. The smallest absolute Gasteiger partial charge is 0.231 e. The van der Waals surface area contributed by atoms with E-state index in [0.29, 0.717) is 6.54 Å². The molecule has 1 aliphatic heterocycles. The maximum absolute atomic E-state index is 13.2. The molecule has 4 nitrogen and oxygen atoms in total. The molecule has 3 rings (SSSR count). The summed E-state index contributed by atoms with van der Waals surface area (Å²) in [5.41, 5.74) is 0.960. The van der Waals surface area contributed by atoms with Crippen LogP contribution in [-0.4, -0.2) is 34.9 Å². The normalized spacial score (nSPS) is 19.5. The van der Waals surface area contributed by atoms with Crippen LogP contribution in [0.25, 0.3) is 0 Å². The van der Waals surface area contributed by atoms with Crippen LogP contribution in [0.4, 0.5) is 0 Å². The molecule has 0 aromatic carbocycles. The van der Waals surface area contributed by atoms with Crippen molar-refractivity contribution >= 4 is 17.2 Å². The first kappa shape index (κ1) is 17.1. The van der Waals surface area contributed by atoms with Gasteiger partial charge in [-0.05, 0) is 62.9 Å². The SMILES string of the molecule is C[C@H](C(=O)N(Cc1ccccn1)[C@@H]1CCCNCC1)c1cccs1. The van der Waals surface area contributed by atoms with Gasteiger partial charge in [0.15, 0.2) is 0 Å². The number of hydrogen-bond donors (Lipinski definition) is 1. The summed E-state index contributed by atoms with van der Waals surface area (Å²) in [6, 6.07) is 10.3. The molecular formula is C19H25N3OS. The van der Waals surface area contributed by atoms with E-state index in [1.54, 1.807) is 17.5 Å². The molecule has 24 heavy (non-hydrogen) atoms. The minimum absolute atomic E-state index is 0.0927. The van der Waals surface area contributed by atoms with Gasteiger partial charge in [-0.3, -0.25) is 9.78 Å². The van der Waals surface area contributed by atoms with E-state index in [4.69, 9.17) is 0 Å². The number of thiophene rings is 1. The molecule has 2 aromatic rings. The molecule has 0 radical (unpaired) electrons. The molecule has 1 amide bonds. The van der Waals surface area contributed by atoms with Gasteiger partial charge in [0, 0.05) is 17.1 Å². The Labute approximate surface area is 147 Å². The molecule has 0 aliphatic carbocycles. The fourth-order valence-electron chi connectivity index (χ4n) is 3.27. The van der Waals surface area contributed by atoms with Crippen LogP contribution in [0.3, 0.4) is 0 Å². The standard InChI is InChI=1S/C19H25N3OS/c1-15(18-8-5-13-24-18)19(23)22(14-16-6-2-3-11-21-16)17-7-4-10-20-12-9-17/h2-3,5-6,8,11,13,15,17,20H,4,7,9-10,12,14H2,1H3/t15-,17+/m0/s1. The van der Waals surface area contributed by atoms with Crippen LogP contribution in [-0.2, 0) is 11.3 Å². The van der Waals surface area contributed by atoms with Gasteiger partial charge in [-0.1, -0.05) is 12.1 Å². The van der Waals surface area contributed by atoms with E-state index in [1.807, 2.05) is 36.6 Å². The topological polar surface area (TPSA) is 45.2 Å². The van der Waals surface area contributed by atoms with Gasteiger partial charge in [0.25, 0.3) is 0 Å². The second-order valence-corrected chi connectivity index (χ2v) is 7.34. The molecule has 0 spiro atoms. The molecule has 128 valence electrons. The van der Waals surface area contributed by atoms with Crippen molar-refractivity contribution in [3.63, 3.8) is 0 Å². The number of aromatic nitrogens is 1. The van der Waals surface area contributed by atoms with Gasteiger partial charge in [-0.2, -0.15) is 0 Å². The van der Waals surface area contributed by atoms with Crippen molar-refractivity contribution in [3.8, 4) is 0 Å². The summed E-state index contributed by atoms with van der Waals surface area (Å²) in [4.78, 5) is 20.9. The maximum atomic E-state index is 13.2. The molecule has 2 aromatic heterocycles. The molecule has 1 N–H and O–H groups in total. The van der Waals surface area contributed by atoms with E-state index in [9.17, 15) is 4.79 Å². The van der Waals surface area contributed by atoms with Crippen molar-refractivity contribution in [3.05, 3.63) is 52.5 Å². The summed E-state index contributed by atoms with van der Waals surface area (Å²) in [5, 5.41) is 5.48. The maximum Gasteiger partial charge on any atom is 0.231 e. The monoisotopic (exact) mass is 343 g/mol. The van der Waals surface area contributed by atoms with E-state index < -0.39 is 0 Å². The lowest BCUT2D eigenvalue weighted by atomic mass is 10.0. The van der Waals surface area contributed by atoms with E-state index >= 15 is 0 Å². The van der Waals surface area contributed by atoms with Gasteiger partial charge in [0.05, 0.1) is 18.2 Å². The van der Waals surface area contributed by atoms with Crippen LogP contribution in [0.2, 0.25) is 0 Å². The predicted molar refractivity (Wildman–Crippen MR) is 98.0 cm³/mol. The van der Waals surface area contributed by atoms with E-state index in [0.717, 1.165) is 42.9 Å². The Kier molecular flexibility index (Phi) is 5.99. The summed E-state index contributed by atoms with van der Waals surface area (Å²) >= 11 is 1.66. The Bertz CT molecular complexity index is 621. The Hall–Kier alpha value is -1.72. The van der Waals surface area contributed by atoms with Crippen molar-refractivity contribution in [2.24, 2.45) is 0 Å². The lowest BCUT2D eigenvalue weighted by molar-refractivity contribution is -0.135. The highest BCUT2D eigenvalue weighted by molar-refractivity contribution is 7.10. The third kappa shape index (κ3) is 4.22. The molecule has 1 saturated heterocycles. The largest absolute Gasteiger partial charge is 0.333 e. The number of nitrogens with one attached hydrogen (secondary N) is 1. The minimum Gasteiger partial charge on any atom is -0.333 e. The molecule has 1 aliphatic rings. The highest BCUT2D eigenvalue weighted by Crippen LogP contribution is 2.26. The summed E-state index contributed by atoms with van der Waals surface area (Å²) in [5.74, 6) is 0.125. The molecule has 0 bridgehead atoms. The molecule has 0 unspecified atom stereocenters. The number of carbonyl (C=O) groups is 1. The van der Waals surface area contributed by atoms with Crippen LogP contribution in [0, 0.1) is 0 Å². The zero-order valence-electron chi connectivity index (χ0n) is 14.1. The highest BCUT2D eigenvalue weighted by atomic mass is 32.1. The van der Waals surface area contributed by atoms with Crippen molar-refractivity contribution in [2.45, 2.75) is 44.7 Å². The number of amides is 1. The van der Waals surface area contributed by atoms with Gasteiger partial charge in [-0.15, -0.1) is 11.3 Å².